The third-order valence-corrected chi connectivity index (χ3v) is 3.49. The van der Waals surface area contributed by atoms with E-state index in [1.54, 1.807) is 0 Å². The predicted molar refractivity (Wildman–Crippen MR) is 91.7 cm³/mol. The van der Waals surface area contributed by atoms with E-state index in [1.807, 2.05) is 60.7 Å². The lowest BCUT2D eigenvalue weighted by Crippen LogP contribution is -2.40. The molecule has 0 amide bonds. The molecule has 0 spiro atoms. The van der Waals surface area contributed by atoms with Gasteiger partial charge in [0.1, 0.15) is 6.10 Å². The summed E-state index contributed by atoms with van der Waals surface area (Å²) in [6, 6.07) is 18.6. The fourth-order valence-corrected chi connectivity index (χ4v) is 2.23. The monoisotopic (exact) mass is 341 g/mol. The summed E-state index contributed by atoms with van der Waals surface area (Å²) in [7, 11) is 0. The second kappa shape index (κ2) is 10.1. The van der Waals surface area contributed by atoms with Gasteiger partial charge < -0.3 is 14.6 Å². The topological polar surface area (TPSA) is 105 Å². The quantitative estimate of drug-likeness (QED) is 0.405. The number of nitrogens with zero attached hydrogens (tertiary/aromatic N) is 3. The first-order valence-electron chi connectivity index (χ1n) is 7.75. The molecule has 2 aromatic carbocycles. The van der Waals surface area contributed by atoms with Gasteiger partial charge in [0, 0.05) is 4.91 Å². The van der Waals surface area contributed by atoms with Crippen molar-refractivity contribution in [1.82, 2.24) is 0 Å². The Balaban J connectivity index is 2.04. The Morgan fingerprint density at radius 3 is 2.00 bits per heavy atom. The number of rotatable bonds is 10. The van der Waals surface area contributed by atoms with Crippen molar-refractivity contribution in [2.45, 2.75) is 25.4 Å². The van der Waals surface area contributed by atoms with Gasteiger partial charge in [-0.15, -0.1) is 0 Å². The highest BCUT2D eigenvalue weighted by Gasteiger charge is 2.29. The minimum Gasteiger partial charge on any atom is -0.479 e. The molecule has 7 heteroatoms. The van der Waals surface area contributed by atoms with Crippen LogP contribution in [0.3, 0.4) is 0 Å². The summed E-state index contributed by atoms with van der Waals surface area (Å²) in [5, 5.41) is 12.9. The lowest BCUT2D eigenvalue weighted by Gasteiger charge is -2.23. The van der Waals surface area contributed by atoms with Gasteiger partial charge >= 0.3 is 5.97 Å². The molecule has 0 aromatic heterocycles. The first kappa shape index (κ1) is 18.5. The van der Waals surface area contributed by atoms with Crippen LogP contribution in [0.2, 0.25) is 0 Å². The van der Waals surface area contributed by atoms with Crippen LogP contribution in [0, 0.1) is 0 Å². The normalized spacial score (nSPS) is 12.8. The second-order valence-corrected chi connectivity index (χ2v) is 5.30. The number of hydrogen-bond acceptors (Lipinski definition) is 4. The first-order chi connectivity index (χ1) is 12.2. The van der Waals surface area contributed by atoms with E-state index in [-0.39, 0.29) is 19.8 Å². The van der Waals surface area contributed by atoms with E-state index >= 15 is 0 Å². The number of aliphatic carboxylic acids is 1. The molecule has 130 valence electrons. The lowest BCUT2D eigenvalue weighted by molar-refractivity contribution is -0.163. The van der Waals surface area contributed by atoms with E-state index in [2.05, 4.69) is 10.0 Å². The standard InChI is InChI=1S/C18H19N3O4/c19-21-20-11-16(24-12-14-7-3-1-4-8-14)17(18(22)23)25-13-15-9-5-2-6-10-15/h1-10,16-17H,11-13H2,(H,22,23)/t16?,17-/m0/s1. The molecule has 2 aromatic rings. The highest BCUT2D eigenvalue weighted by Crippen LogP contribution is 2.13. The molecular formula is C18H19N3O4. The molecule has 0 heterocycles. The van der Waals surface area contributed by atoms with Crippen LogP contribution in [0.1, 0.15) is 11.1 Å². The van der Waals surface area contributed by atoms with Gasteiger partial charge in [-0.05, 0) is 16.7 Å². The summed E-state index contributed by atoms with van der Waals surface area (Å²) in [5.41, 5.74) is 10.3. The van der Waals surface area contributed by atoms with E-state index in [1.165, 1.54) is 0 Å². The van der Waals surface area contributed by atoms with Crippen molar-refractivity contribution in [3.63, 3.8) is 0 Å². The fraction of sp³-hybridized carbons (Fsp3) is 0.278. The van der Waals surface area contributed by atoms with E-state index in [0.717, 1.165) is 11.1 Å². The van der Waals surface area contributed by atoms with E-state index in [9.17, 15) is 9.90 Å². The summed E-state index contributed by atoms with van der Waals surface area (Å²) in [5.74, 6) is -1.16. The van der Waals surface area contributed by atoms with Crippen molar-refractivity contribution in [1.29, 1.82) is 0 Å². The van der Waals surface area contributed by atoms with Gasteiger partial charge in [0.05, 0.1) is 19.8 Å². The molecule has 0 saturated carbocycles. The molecule has 1 unspecified atom stereocenters. The SMILES string of the molecule is [N-]=[N+]=NCC(OCc1ccccc1)[C@H](OCc1ccccc1)C(=O)O. The number of carboxylic acids is 1. The van der Waals surface area contributed by atoms with Crippen LogP contribution in [0.4, 0.5) is 0 Å². The molecule has 2 rings (SSSR count). The molecule has 0 aliphatic rings. The Hall–Kier alpha value is -2.86. The van der Waals surface area contributed by atoms with Crippen LogP contribution in [-0.2, 0) is 27.5 Å². The highest BCUT2D eigenvalue weighted by molar-refractivity contribution is 5.73. The number of carbonyl (C=O) groups is 1. The van der Waals surface area contributed by atoms with Crippen molar-refractivity contribution in [3.05, 3.63) is 82.2 Å². The molecular weight excluding hydrogens is 322 g/mol. The lowest BCUT2D eigenvalue weighted by atomic mass is 10.2. The van der Waals surface area contributed by atoms with Crippen molar-refractivity contribution in [2.75, 3.05) is 6.54 Å². The zero-order valence-corrected chi connectivity index (χ0v) is 13.6. The Morgan fingerprint density at radius 1 is 1.00 bits per heavy atom. The number of benzene rings is 2. The van der Waals surface area contributed by atoms with Gasteiger partial charge in [0.25, 0.3) is 0 Å². The molecule has 0 saturated heterocycles. The zero-order valence-electron chi connectivity index (χ0n) is 13.6. The molecule has 7 nitrogen and oxygen atoms in total. The van der Waals surface area contributed by atoms with Crippen molar-refractivity contribution >= 4 is 5.97 Å². The van der Waals surface area contributed by atoms with E-state index in [4.69, 9.17) is 15.0 Å². The van der Waals surface area contributed by atoms with E-state index in [0.29, 0.717) is 0 Å². The van der Waals surface area contributed by atoms with Crippen molar-refractivity contribution in [2.24, 2.45) is 5.11 Å². The van der Waals surface area contributed by atoms with Gasteiger partial charge in [-0.25, -0.2) is 4.79 Å². The predicted octanol–water partition coefficient (Wildman–Crippen LogP) is 3.55. The van der Waals surface area contributed by atoms with Gasteiger partial charge in [0.15, 0.2) is 6.10 Å². The number of carboxylic acid groups (broad SMARTS) is 1. The first-order valence-corrected chi connectivity index (χ1v) is 7.75. The van der Waals surface area contributed by atoms with Gasteiger partial charge in [-0.1, -0.05) is 65.8 Å². The maximum absolute atomic E-state index is 11.6. The average Bonchev–Trinajstić information content (AvgIpc) is 2.65. The molecule has 0 aliphatic carbocycles. The summed E-state index contributed by atoms with van der Waals surface area (Å²) < 4.78 is 11.2. The minimum atomic E-state index is -1.24. The third kappa shape index (κ3) is 6.27. The molecule has 1 N–H and O–H groups in total. The number of azide groups is 1. The fourth-order valence-electron chi connectivity index (χ4n) is 2.23. The Bertz CT molecular complexity index is 703. The van der Waals surface area contributed by atoms with Crippen LogP contribution >= 0.6 is 0 Å². The number of ether oxygens (including phenoxy) is 2. The molecule has 0 bridgehead atoms. The van der Waals surface area contributed by atoms with Crippen molar-refractivity contribution < 1.29 is 19.4 Å². The minimum absolute atomic E-state index is 0.124. The largest absolute Gasteiger partial charge is 0.479 e. The molecule has 25 heavy (non-hydrogen) atoms. The molecule has 0 aliphatic heterocycles. The molecule has 0 fully saturated rings. The Morgan fingerprint density at radius 2 is 1.52 bits per heavy atom. The smallest absolute Gasteiger partial charge is 0.335 e. The summed E-state index contributed by atoms with van der Waals surface area (Å²) in [4.78, 5) is 14.3. The highest BCUT2D eigenvalue weighted by atomic mass is 16.6. The maximum Gasteiger partial charge on any atom is 0.335 e. The van der Waals surface area contributed by atoms with Gasteiger partial charge in [-0.3, -0.25) is 0 Å². The maximum atomic E-state index is 11.6. The Kier molecular flexibility index (Phi) is 7.46. The third-order valence-electron chi connectivity index (χ3n) is 3.49. The van der Waals surface area contributed by atoms with Gasteiger partial charge in [-0.2, -0.15) is 0 Å². The van der Waals surface area contributed by atoms with Crippen LogP contribution < -0.4 is 0 Å². The number of hydrogen-bond donors (Lipinski definition) is 1. The molecule has 0 radical (unpaired) electrons. The van der Waals surface area contributed by atoms with Crippen molar-refractivity contribution in [3.8, 4) is 0 Å². The van der Waals surface area contributed by atoms with Crippen LogP contribution in [0.15, 0.2) is 65.8 Å². The second-order valence-electron chi connectivity index (χ2n) is 5.30. The van der Waals surface area contributed by atoms with Crippen LogP contribution in [-0.4, -0.2) is 29.8 Å². The average molecular weight is 341 g/mol. The van der Waals surface area contributed by atoms with Gasteiger partial charge in [0.2, 0.25) is 0 Å². The summed E-state index contributed by atoms with van der Waals surface area (Å²) >= 11 is 0. The molecule has 2 atom stereocenters. The van der Waals surface area contributed by atoms with E-state index < -0.39 is 18.2 Å². The Labute approximate surface area is 145 Å². The van der Waals surface area contributed by atoms with Crippen LogP contribution in [0.5, 0.6) is 0 Å². The zero-order chi connectivity index (χ0) is 17.9. The summed E-state index contributed by atoms with van der Waals surface area (Å²) in [6.45, 7) is 0.194. The summed E-state index contributed by atoms with van der Waals surface area (Å²) in [6.07, 6.45) is -2.13. The van der Waals surface area contributed by atoms with Crippen LogP contribution in [0.25, 0.3) is 10.4 Å².